The molecule has 0 bridgehead atoms. The molecule has 0 aromatic heterocycles. The number of carbonyl (C=O) groups excluding carboxylic acids is 2. The first-order valence-electron chi connectivity index (χ1n) is 10.3. The third kappa shape index (κ3) is 6.11. The highest BCUT2D eigenvalue weighted by molar-refractivity contribution is 5.92. The molecule has 166 valence electrons. The summed E-state index contributed by atoms with van der Waals surface area (Å²) in [6.45, 7) is 4.14. The molecule has 0 unspecified atom stereocenters. The number of nitrogens with one attached hydrogen (secondary N) is 1. The van der Waals surface area contributed by atoms with Crippen LogP contribution in [0.2, 0.25) is 0 Å². The van der Waals surface area contributed by atoms with Gasteiger partial charge in [0.15, 0.2) is 0 Å². The van der Waals surface area contributed by atoms with E-state index < -0.39 is 5.91 Å². The average molecular weight is 427 g/mol. The Morgan fingerprint density at radius 1 is 1.03 bits per heavy atom. The summed E-state index contributed by atoms with van der Waals surface area (Å²) in [5.41, 5.74) is 7.83. The summed E-state index contributed by atoms with van der Waals surface area (Å²) in [4.78, 5) is 27.9. The van der Waals surface area contributed by atoms with Crippen LogP contribution in [-0.2, 0) is 13.0 Å². The zero-order chi connectivity index (χ0) is 22.2. The maximum Gasteiger partial charge on any atom is 0.317 e. The lowest BCUT2D eigenvalue weighted by Crippen LogP contribution is -2.51. The molecule has 2 aromatic carbocycles. The van der Waals surface area contributed by atoms with Crippen molar-refractivity contribution < 1.29 is 19.1 Å². The monoisotopic (exact) mass is 426 g/mol. The molecule has 0 radical (unpaired) electrons. The van der Waals surface area contributed by atoms with Gasteiger partial charge in [0.2, 0.25) is 5.91 Å². The highest BCUT2D eigenvalue weighted by atomic mass is 16.5. The number of ether oxygens (including phenoxy) is 2. The Labute approximate surface area is 182 Å². The number of piperazine rings is 1. The maximum absolute atomic E-state index is 12.5. The molecule has 8 heteroatoms. The topological polar surface area (TPSA) is 97.1 Å². The molecule has 0 aliphatic carbocycles. The van der Waals surface area contributed by atoms with Gasteiger partial charge in [0.25, 0.3) is 0 Å². The molecule has 2 aromatic rings. The Hall–Kier alpha value is -3.26. The van der Waals surface area contributed by atoms with E-state index in [9.17, 15) is 9.59 Å². The SMILES string of the molecule is COc1ccc(OC)c(CN2CCN(C(=O)NCCc3cccc(C(N)=O)c3)CC2)c1. The van der Waals surface area contributed by atoms with Crippen LogP contribution < -0.4 is 20.5 Å². The van der Waals surface area contributed by atoms with Crippen LogP contribution in [0.3, 0.4) is 0 Å². The zero-order valence-electron chi connectivity index (χ0n) is 18.1. The van der Waals surface area contributed by atoms with Gasteiger partial charge in [-0.2, -0.15) is 0 Å². The Morgan fingerprint density at radius 2 is 1.81 bits per heavy atom. The van der Waals surface area contributed by atoms with Gasteiger partial charge in [-0.25, -0.2) is 4.79 Å². The van der Waals surface area contributed by atoms with Gasteiger partial charge in [-0.3, -0.25) is 9.69 Å². The summed E-state index contributed by atoms with van der Waals surface area (Å²) in [7, 11) is 3.31. The summed E-state index contributed by atoms with van der Waals surface area (Å²) in [6, 6.07) is 12.9. The van der Waals surface area contributed by atoms with Crippen LogP contribution >= 0.6 is 0 Å². The Balaban J connectivity index is 1.45. The van der Waals surface area contributed by atoms with Crippen LogP contribution in [0.1, 0.15) is 21.5 Å². The third-order valence-electron chi connectivity index (χ3n) is 5.44. The first kappa shape index (κ1) is 22.4. The van der Waals surface area contributed by atoms with Crippen molar-refractivity contribution in [1.82, 2.24) is 15.1 Å². The van der Waals surface area contributed by atoms with Gasteiger partial charge < -0.3 is 25.4 Å². The largest absolute Gasteiger partial charge is 0.497 e. The van der Waals surface area contributed by atoms with E-state index in [0.29, 0.717) is 31.6 Å². The van der Waals surface area contributed by atoms with Gasteiger partial charge >= 0.3 is 6.03 Å². The Bertz CT molecular complexity index is 910. The first-order valence-corrected chi connectivity index (χ1v) is 10.3. The van der Waals surface area contributed by atoms with E-state index in [1.807, 2.05) is 29.2 Å². The van der Waals surface area contributed by atoms with Gasteiger partial charge in [0, 0.05) is 50.4 Å². The van der Waals surface area contributed by atoms with E-state index in [1.165, 1.54) is 0 Å². The third-order valence-corrected chi connectivity index (χ3v) is 5.44. The average Bonchev–Trinajstić information content (AvgIpc) is 2.79. The van der Waals surface area contributed by atoms with Crippen molar-refractivity contribution in [2.24, 2.45) is 5.73 Å². The summed E-state index contributed by atoms with van der Waals surface area (Å²) in [6.07, 6.45) is 0.641. The number of hydrogen-bond donors (Lipinski definition) is 2. The molecule has 1 aliphatic rings. The molecule has 8 nitrogen and oxygen atoms in total. The molecule has 1 saturated heterocycles. The van der Waals surface area contributed by atoms with Gasteiger partial charge in [0.1, 0.15) is 11.5 Å². The Kier molecular flexibility index (Phi) is 7.72. The molecular weight excluding hydrogens is 396 g/mol. The van der Waals surface area contributed by atoms with Crippen molar-refractivity contribution in [3.05, 3.63) is 59.2 Å². The second-order valence-corrected chi connectivity index (χ2v) is 7.49. The molecule has 0 saturated carbocycles. The van der Waals surface area contributed by atoms with Crippen molar-refractivity contribution in [3.8, 4) is 11.5 Å². The predicted molar refractivity (Wildman–Crippen MR) is 118 cm³/mol. The molecule has 3 amide bonds. The number of rotatable bonds is 8. The van der Waals surface area contributed by atoms with Gasteiger partial charge in [-0.15, -0.1) is 0 Å². The number of nitrogens with zero attached hydrogens (tertiary/aromatic N) is 2. The van der Waals surface area contributed by atoms with Crippen molar-refractivity contribution >= 4 is 11.9 Å². The lowest BCUT2D eigenvalue weighted by Gasteiger charge is -2.35. The van der Waals surface area contributed by atoms with Crippen molar-refractivity contribution in [2.75, 3.05) is 46.9 Å². The van der Waals surface area contributed by atoms with Crippen LogP contribution in [0.15, 0.2) is 42.5 Å². The second kappa shape index (κ2) is 10.7. The molecular formula is C23H30N4O4. The van der Waals surface area contributed by atoms with E-state index in [0.717, 1.165) is 42.3 Å². The Morgan fingerprint density at radius 3 is 2.48 bits per heavy atom. The van der Waals surface area contributed by atoms with Crippen molar-refractivity contribution in [3.63, 3.8) is 0 Å². The van der Waals surface area contributed by atoms with Crippen LogP contribution in [0.25, 0.3) is 0 Å². The molecule has 3 rings (SSSR count). The minimum Gasteiger partial charge on any atom is -0.497 e. The van der Waals surface area contributed by atoms with Gasteiger partial charge in [-0.1, -0.05) is 12.1 Å². The van der Waals surface area contributed by atoms with E-state index in [2.05, 4.69) is 10.2 Å². The fourth-order valence-corrected chi connectivity index (χ4v) is 3.66. The van der Waals surface area contributed by atoms with E-state index in [-0.39, 0.29) is 6.03 Å². The van der Waals surface area contributed by atoms with Crippen LogP contribution in [0.5, 0.6) is 11.5 Å². The molecule has 31 heavy (non-hydrogen) atoms. The number of primary amides is 1. The zero-order valence-corrected chi connectivity index (χ0v) is 18.1. The summed E-state index contributed by atoms with van der Waals surface area (Å²) in [5, 5.41) is 2.96. The second-order valence-electron chi connectivity index (χ2n) is 7.49. The standard InChI is InChI=1S/C23H30N4O4/c1-30-20-6-7-21(31-2)19(15-20)16-26-10-12-27(13-11-26)23(29)25-9-8-17-4-3-5-18(14-17)22(24)28/h3-7,14-15H,8-13,16H2,1-2H3,(H2,24,28)(H,25,29). The molecule has 1 heterocycles. The summed E-state index contributed by atoms with van der Waals surface area (Å²) >= 11 is 0. The van der Waals surface area contributed by atoms with Crippen molar-refractivity contribution in [1.29, 1.82) is 0 Å². The van der Waals surface area contributed by atoms with Crippen molar-refractivity contribution in [2.45, 2.75) is 13.0 Å². The van der Waals surface area contributed by atoms with Crippen LogP contribution in [0, 0.1) is 0 Å². The van der Waals surface area contributed by atoms with E-state index in [1.54, 1.807) is 32.4 Å². The number of hydrogen-bond acceptors (Lipinski definition) is 5. The van der Waals surface area contributed by atoms with Crippen LogP contribution in [-0.4, -0.2) is 68.7 Å². The fourth-order valence-electron chi connectivity index (χ4n) is 3.66. The summed E-state index contributed by atoms with van der Waals surface area (Å²) < 4.78 is 10.8. The number of carbonyl (C=O) groups is 2. The number of methoxy groups -OCH3 is 2. The lowest BCUT2D eigenvalue weighted by molar-refractivity contribution is 0.1000. The van der Waals surface area contributed by atoms with Gasteiger partial charge in [0.05, 0.1) is 14.2 Å². The highest BCUT2D eigenvalue weighted by Gasteiger charge is 2.21. The van der Waals surface area contributed by atoms with Crippen LogP contribution in [0.4, 0.5) is 4.79 Å². The molecule has 3 N–H and O–H groups in total. The minimum atomic E-state index is -0.449. The lowest BCUT2D eigenvalue weighted by atomic mass is 10.1. The quantitative estimate of drug-likeness (QED) is 0.672. The molecule has 0 atom stereocenters. The molecule has 0 spiro atoms. The first-order chi connectivity index (χ1) is 15.0. The molecule has 1 aliphatic heterocycles. The van der Waals surface area contributed by atoms with E-state index in [4.69, 9.17) is 15.2 Å². The maximum atomic E-state index is 12.5. The number of urea groups is 1. The normalized spacial score (nSPS) is 14.2. The predicted octanol–water partition coefficient (Wildman–Crippen LogP) is 1.87. The summed E-state index contributed by atoms with van der Waals surface area (Å²) in [5.74, 6) is 1.19. The van der Waals surface area contributed by atoms with E-state index >= 15 is 0 Å². The number of benzene rings is 2. The number of nitrogens with two attached hydrogens (primary N) is 1. The highest BCUT2D eigenvalue weighted by Crippen LogP contribution is 2.25. The fraction of sp³-hybridized carbons (Fsp3) is 0.391. The number of amides is 3. The molecule has 1 fully saturated rings. The minimum absolute atomic E-state index is 0.0651. The van der Waals surface area contributed by atoms with Gasteiger partial charge in [-0.05, 0) is 42.3 Å². The smallest absolute Gasteiger partial charge is 0.317 e.